The molecule has 4 fully saturated rings. The van der Waals surface area contributed by atoms with Gasteiger partial charge in [0.2, 0.25) is 5.91 Å². The second-order valence-corrected chi connectivity index (χ2v) is 10.5. The van der Waals surface area contributed by atoms with Gasteiger partial charge in [0.25, 0.3) is 5.91 Å². The first-order valence-electron chi connectivity index (χ1n) is 11.9. The SMILES string of the molecule is NC(=O)c1nn(CC(=O)N2[C@@H]3C[C@@H]3C[C@H]2C(=O)CC2CCCC3(CC3)C2)c2cnccc12. The number of nitrogens with zero attached hydrogens (tertiary/aromatic N) is 4. The van der Waals surface area contributed by atoms with E-state index in [4.69, 9.17) is 5.73 Å². The molecule has 2 N–H and O–H groups in total. The Morgan fingerprint density at radius 2 is 2.03 bits per heavy atom. The highest BCUT2D eigenvalue weighted by Gasteiger charge is 2.56. The molecule has 2 amide bonds. The number of hydrogen-bond donors (Lipinski definition) is 1. The maximum atomic E-state index is 13.4. The van der Waals surface area contributed by atoms with Gasteiger partial charge in [0.05, 0.1) is 17.8 Å². The fourth-order valence-electron chi connectivity index (χ4n) is 6.44. The molecule has 0 bridgehead atoms. The van der Waals surface area contributed by atoms with E-state index in [-0.39, 0.29) is 36.0 Å². The minimum Gasteiger partial charge on any atom is -0.364 e. The van der Waals surface area contributed by atoms with Gasteiger partial charge in [-0.15, -0.1) is 0 Å². The van der Waals surface area contributed by atoms with Crippen LogP contribution in [0.25, 0.3) is 10.9 Å². The molecular formula is C24H29N5O3. The van der Waals surface area contributed by atoms with E-state index in [0.717, 1.165) is 19.3 Å². The van der Waals surface area contributed by atoms with Crippen LogP contribution in [0.3, 0.4) is 0 Å². The molecule has 0 radical (unpaired) electrons. The Morgan fingerprint density at radius 3 is 2.81 bits per heavy atom. The lowest BCUT2D eigenvalue weighted by Gasteiger charge is -2.31. The average molecular weight is 436 g/mol. The van der Waals surface area contributed by atoms with Crippen LogP contribution < -0.4 is 5.73 Å². The van der Waals surface area contributed by atoms with Gasteiger partial charge in [-0.25, -0.2) is 0 Å². The van der Waals surface area contributed by atoms with Crippen molar-refractivity contribution in [2.75, 3.05) is 0 Å². The van der Waals surface area contributed by atoms with E-state index < -0.39 is 5.91 Å². The fraction of sp³-hybridized carbons (Fsp3) is 0.625. The fourth-order valence-corrected chi connectivity index (χ4v) is 6.44. The van der Waals surface area contributed by atoms with Crippen LogP contribution in [-0.4, -0.2) is 49.3 Å². The molecule has 2 aromatic rings. The van der Waals surface area contributed by atoms with Gasteiger partial charge < -0.3 is 10.6 Å². The summed E-state index contributed by atoms with van der Waals surface area (Å²) in [7, 11) is 0. The van der Waals surface area contributed by atoms with Crippen LogP contribution in [0.2, 0.25) is 0 Å². The molecule has 168 valence electrons. The third-order valence-corrected chi connectivity index (χ3v) is 8.32. The van der Waals surface area contributed by atoms with Crippen molar-refractivity contribution >= 4 is 28.5 Å². The van der Waals surface area contributed by atoms with E-state index in [9.17, 15) is 14.4 Å². The summed E-state index contributed by atoms with van der Waals surface area (Å²) >= 11 is 0. The molecule has 3 saturated carbocycles. The minimum atomic E-state index is -0.634. The topological polar surface area (TPSA) is 111 Å². The molecule has 3 aliphatic carbocycles. The zero-order chi connectivity index (χ0) is 22.0. The highest BCUT2D eigenvalue weighted by atomic mass is 16.2. The molecule has 32 heavy (non-hydrogen) atoms. The molecule has 1 saturated heterocycles. The maximum absolute atomic E-state index is 13.4. The number of primary amides is 1. The Kier molecular flexibility index (Phi) is 4.42. The number of carbonyl (C=O) groups is 3. The van der Waals surface area contributed by atoms with Crippen LogP contribution in [-0.2, 0) is 16.1 Å². The first-order valence-corrected chi connectivity index (χ1v) is 11.9. The first kappa shape index (κ1) is 19.9. The van der Waals surface area contributed by atoms with E-state index in [1.54, 1.807) is 18.5 Å². The number of rotatable bonds is 6. The number of piperidine rings is 1. The van der Waals surface area contributed by atoms with Crippen molar-refractivity contribution in [3.05, 3.63) is 24.2 Å². The van der Waals surface area contributed by atoms with Gasteiger partial charge in [0, 0.05) is 24.0 Å². The number of pyridine rings is 1. The zero-order valence-corrected chi connectivity index (χ0v) is 18.2. The molecule has 1 aliphatic heterocycles. The van der Waals surface area contributed by atoms with Crippen molar-refractivity contribution in [3.63, 3.8) is 0 Å². The van der Waals surface area contributed by atoms with Crippen LogP contribution in [0.15, 0.2) is 18.5 Å². The number of aromatic nitrogens is 3. The average Bonchev–Trinajstić information content (AvgIpc) is 3.64. The van der Waals surface area contributed by atoms with E-state index in [2.05, 4.69) is 10.1 Å². The van der Waals surface area contributed by atoms with Crippen molar-refractivity contribution in [1.82, 2.24) is 19.7 Å². The predicted molar refractivity (Wildman–Crippen MR) is 116 cm³/mol. The van der Waals surface area contributed by atoms with Crippen LogP contribution in [0.5, 0.6) is 0 Å². The molecule has 4 atom stereocenters. The van der Waals surface area contributed by atoms with E-state index in [0.29, 0.717) is 34.6 Å². The summed E-state index contributed by atoms with van der Waals surface area (Å²) in [6, 6.07) is 1.55. The molecule has 1 unspecified atom stereocenters. The van der Waals surface area contributed by atoms with Gasteiger partial charge in [0.15, 0.2) is 11.5 Å². The summed E-state index contributed by atoms with van der Waals surface area (Å²) in [4.78, 5) is 44.4. The summed E-state index contributed by atoms with van der Waals surface area (Å²) in [5.74, 6) is 0.418. The second-order valence-electron chi connectivity index (χ2n) is 10.5. The highest BCUT2D eigenvalue weighted by Crippen LogP contribution is 2.58. The lowest BCUT2D eigenvalue weighted by molar-refractivity contribution is -0.140. The van der Waals surface area contributed by atoms with Crippen LogP contribution in [0.4, 0.5) is 0 Å². The van der Waals surface area contributed by atoms with Crippen molar-refractivity contribution < 1.29 is 14.4 Å². The Labute approximate surface area is 186 Å². The Bertz CT molecular complexity index is 1120. The third-order valence-electron chi connectivity index (χ3n) is 8.32. The first-order chi connectivity index (χ1) is 15.4. The van der Waals surface area contributed by atoms with E-state index in [1.165, 1.54) is 36.8 Å². The number of Topliss-reactive ketones (excluding diaryl/α,β-unsaturated/α-hetero) is 1. The summed E-state index contributed by atoms with van der Waals surface area (Å²) < 4.78 is 1.50. The molecular weight excluding hydrogens is 406 g/mol. The number of likely N-dealkylation sites (tertiary alicyclic amines) is 1. The van der Waals surface area contributed by atoms with Crippen molar-refractivity contribution in [2.45, 2.75) is 76.4 Å². The summed E-state index contributed by atoms with van der Waals surface area (Å²) in [5, 5.41) is 4.88. The van der Waals surface area contributed by atoms with Gasteiger partial charge in [-0.05, 0) is 68.3 Å². The highest BCUT2D eigenvalue weighted by molar-refractivity contribution is 6.04. The van der Waals surface area contributed by atoms with Crippen LogP contribution in [0, 0.1) is 17.3 Å². The maximum Gasteiger partial charge on any atom is 0.269 e. The Hall–Kier alpha value is -2.77. The second kappa shape index (κ2) is 7.12. The molecule has 1 spiro atoms. The molecule has 2 aromatic heterocycles. The van der Waals surface area contributed by atoms with Gasteiger partial charge in [-0.1, -0.05) is 6.42 Å². The summed E-state index contributed by atoms with van der Waals surface area (Å²) in [6.45, 7) is -0.0188. The number of amides is 2. The minimum absolute atomic E-state index is 0.0188. The molecule has 0 aromatic carbocycles. The smallest absolute Gasteiger partial charge is 0.269 e. The lowest BCUT2D eigenvalue weighted by Crippen LogP contribution is -2.45. The number of carbonyl (C=O) groups excluding carboxylic acids is 3. The molecule has 8 nitrogen and oxygen atoms in total. The lowest BCUT2D eigenvalue weighted by atomic mass is 9.76. The summed E-state index contributed by atoms with van der Waals surface area (Å²) in [5.41, 5.74) is 6.76. The van der Waals surface area contributed by atoms with Crippen molar-refractivity contribution in [2.24, 2.45) is 23.0 Å². The van der Waals surface area contributed by atoms with Crippen molar-refractivity contribution in [3.8, 4) is 0 Å². The van der Waals surface area contributed by atoms with Crippen LogP contribution in [0.1, 0.15) is 68.3 Å². The quantitative estimate of drug-likeness (QED) is 0.749. The molecule has 3 heterocycles. The Morgan fingerprint density at radius 1 is 1.19 bits per heavy atom. The van der Waals surface area contributed by atoms with Gasteiger partial charge in [-0.3, -0.25) is 24.0 Å². The van der Waals surface area contributed by atoms with Gasteiger partial charge in [0.1, 0.15) is 6.54 Å². The van der Waals surface area contributed by atoms with E-state index in [1.807, 2.05) is 4.90 Å². The van der Waals surface area contributed by atoms with Gasteiger partial charge in [-0.2, -0.15) is 5.10 Å². The molecule has 8 heteroatoms. The zero-order valence-electron chi connectivity index (χ0n) is 18.2. The number of hydrogen-bond acceptors (Lipinski definition) is 5. The molecule has 4 aliphatic rings. The number of ketones is 1. The van der Waals surface area contributed by atoms with Crippen LogP contribution >= 0.6 is 0 Å². The third kappa shape index (κ3) is 3.31. The van der Waals surface area contributed by atoms with Crippen molar-refractivity contribution in [1.29, 1.82) is 0 Å². The normalized spacial score (nSPS) is 29.8. The largest absolute Gasteiger partial charge is 0.364 e. The predicted octanol–water partition coefficient (Wildman–Crippen LogP) is 2.45. The molecule has 6 rings (SSSR count). The standard InChI is InChI=1S/C24H29N5O3/c25-23(32)22-16-3-7-26-12-19(16)28(27-22)13-21(31)29-17-9-15(17)10-18(29)20(30)8-14-2-1-4-24(11-14)5-6-24/h3,7,12,14-15,17-18H,1-2,4-6,8-11,13H2,(H2,25,32)/t14?,15-,17-,18+/m1/s1. The Balaban J connectivity index is 1.19. The summed E-state index contributed by atoms with van der Waals surface area (Å²) in [6.07, 6.45) is 13.1. The number of nitrogens with two attached hydrogens (primary N) is 1. The number of fused-ring (bicyclic) bond motifs is 2. The van der Waals surface area contributed by atoms with Gasteiger partial charge >= 0.3 is 0 Å². The monoisotopic (exact) mass is 435 g/mol. The van der Waals surface area contributed by atoms with E-state index >= 15 is 0 Å².